The number of thiophene rings is 1. The molecule has 0 saturated carbocycles. The molecular formula is C20H23N3OS2. The summed E-state index contributed by atoms with van der Waals surface area (Å²) in [5.74, 6) is 0.486. The van der Waals surface area contributed by atoms with Crippen LogP contribution in [0.2, 0.25) is 0 Å². The zero-order chi connectivity index (χ0) is 18.5. The maximum Gasteiger partial charge on any atom is 0.233 e. The van der Waals surface area contributed by atoms with Crippen molar-refractivity contribution in [2.75, 3.05) is 12.8 Å². The molecule has 0 aliphatic carbocycles. The first-order valence-corrected chi connectivity index (χ1v) is 10.6. The summed E-state index contributed by atoms with van der Waals surface area (Å²) in [6.07, 6.45) is 3.61. The maximum absolute atomic E-state index is 12.5. The number of aryl methyl sites for hydroxylation is 2. The third-order valence-electron chi connectivity index (χ3n) is 4.30. The molecule has 0 aliphatic rings. The number of nitrogens with zero attached hydrogens (tertiary/aromatic N) is 3. The highest BCUT2D eigenvalue weighted by Crippen LogP contribution is 2.31. The molecule has 0 saturated heterocycles. The molecule has 0 fully saturated rings. The highest BCUT2D eigenvalue weighted by Gasteiger charge is 2.13. The van der Waals surface area contributed by atoms with Gasteiger partial charge in [-0.05, 0) is 30.0 Å². The van der Waals surface area contributed by atoms with Gasteiger partial charge >= 0.3 is 0 Å². The highest BCUT2D eigenvalue weighted by atomic mass is 32.2. The van der Waals surface area contributed by atoms with Gasteiger partial charge in [-0.2, -0.15) is 0 Å². The zero-order valence-electron chi connectivity index (χ0n) is 15.4. The van der Waals surface area contributed by atoms with Crippen LogP contribution in [0.3, 0.4) is 0 Å². The van der Waals surface area contributed by atoms with Crippen molar-refractivity contribution in [3.05, 3.63) is 52.7 Å². The number of fused-ring (bicyclic) bond motifs is 1. The first-order chi connectivity index (χ1) is 12.6. The smallest absolute Gasteiger partial charge is 0.233 e. The lowest BCUT2D eigenvalue weighted by Crippen LogP contribution is -2.27. The maximum atomic E-state index is 12.5. The van der Waals surface area contributed by atoms with Gasteiger partial charge in [0.05, 0.1) is 5.75 Å². The molecule has 0 bridgehead atoms. The number of benzene rings is 1. The SMILES string of the molecule is CCc1ccc(CN(C)C(=O)CSc2ncnc3sc(CC)cc23)cc1. The van der Waals surface area contributed by atoms with Crippen molar-refractivity contribution in [1.82, 2.24) is 14.9 Å². The van der Waals surface area contributed by atoms with Crippen LogP contribution in [0.25, 0.3) is 10.2 Å². The molecule has 4 nitrogen and oxygen atoms in total. The van der Waals surface area contributed by atoms with Gasteiger partial charge < -0.3 is 4.90 Å². The van der Waals surface area contributed by atoms with E-state index in [0.29, 0.717) is 12.3 Å². The second-order valence-electron chi connectivity index (χ2n) is 6.17. The van der Waals surface area contributed by atoms with E-state index in [9.17, 15) is 4.79 Å². The third-order valence-corrected chi connectivity index (χ3v) is 6.48. The van der Waals surface area contributed by atoms with E-state index < -0.39 is 0 Å². The van der Waals surface area contributed by atoms with E-state index in [1.807, 2.05) is 7.05 Å². The number of amides is 1. The number of rotatable bonds is 7. The molecular weight excluding hydrogens is 362 g/mol. The molecule has 136 valence electrons. The molecule has 26 heavy (non-hydrogen) atoms. The number of carbonyl (C=O) groups excluding carboxylic acids is 1. The van der Waals surface area contributed by atoms with Crippen LogP contribution in [0.1, 0.15) is 29.9 Å². The van der Waals surface area contributed by atoms with E-state index in [0.717, 1.165) is 33.6 Å². The lowest BCUT2D eigenvalue weighted by Gasteiger charge is -2.17. The van der Waals surface area contributed by atoms with Gasteiger partial charge in [0.1, 0.15) is 16.2 Å². The van der Waals surface area contributed by atoms with Crippen molar-refractivity contribution in [2.45, 2.75) is 38.3 Å². The minimum absolute atomic E-state index is 0.104. The highest BCUT2D eigenvalue weighted by molar-refractivity contribution is 8.00. The summed E-state index contributed by atoms with van der Waals surface area (Å²) < 4.78 is 0. The number of aromatic nitrogens is 2. The third kappa shape index (κ3) is 4.43. The zero-order valence-corrected chi connectivity index (χ0v) is 17.0. The Morgan fingerprint density at radius 3 is 2.54 bits per heavy atom. The number of carbonyl (C=O) groups is 1. The van der Waals surface area contributed by atoms with Crippen molar-refractivity contribution >= 4 is 39.2 Å². The predicted molar refractivity (Wildman–Crippen MR) is 110 cm³/mol. The second-order valence-corrected chi connectivity index (χ2v) is 8.25. The first-order valence-electron chi connectivity index (χ1n) is 8.78. The van der Waals surface area contributed by atoms with Crippen LogP contribution in [-0.2, 0) is 24.2 Å². The van der Waals surface area contributed by atoms with Crippen LogP contribution >= 0.6 is 23.1 Å². The summed E-state index contributed by atoms with van der Waals surface area (Å²) in [4.78, 5) is 25.3. The second kappa shape index (κ2) is 8.64. The fourth-order valence-corrected chi connectivity index (χ4v) is 4.57. The minimum atomic E-state index is 0.104. The van der Waals surface area contributed by atoms with E-state index in [2.05, 4.69) is 54.1 Å². The predicted octanol–water partition coefficient (Wildman–Crippen LogP) is 4.57. The molecule has 0 aliphatic heterocycles. The molecule has 0 atom stereocenters. The Morgan fingerprint density at radius 2 is 1.85 bits per heavy atom. The number of hydrogen-bond acceptors (Lipinski definition) is 5. The molecule has 2 aromatic heterocycles. The molecule has 0 N–H and O–H groups in total. The lowest BCUT2D eigenvalue weighted by molar-refractivity contribution is -0.127. The van der Waals surface area contributed by atoms with E-state index in [1.54, 1.807) is 22.6 Å². The summed E-state index contributed by atoms with van der Waals surface area (Å²) in [6, 6.07) is 10.6. The lowest BCUT2D eigenvalue weighted by atomic mass is 10.1. The van der Waals surface area contributed by atoms with E-state index >= 15 is 0 Å². The largest absolute Gasteiger partial charge is 0.341 e. The Bertz CT molecular complexity index is 890. The first kappa shape index (κ1) is 18.9. The summed E-state index contributed by atoms with van der Waals surface area (Å²) in [5, 5.41) is 1.95. The Morgan fingerprint density at radius 1 is 1.12 bits per heavy atom. The molecule has 1 aromatic carbocycles. The summed E-state index contributed by atoms with van der Waals surface area (Å²) in [6.45, 7) is 4.90. The average molecular weight is 386 g/mol. The van der Waals surface area contributed by atoms with Gasteiger partial charge in [0, 0.05) is 23.9 Å². The summed E-state index contributed by atoms with van der Waals surface area (Å²) in [5.41, 5.74) is 2.46. The van der Waals surface area contributed by atoms with Crippen LogP contribution in [-0.4, -0.2) is 33.6 Å². The van der Waals surface area contributed by atoms with Crippen LogP contribution in [0.4, 0.5) is 0 Å². The van der Waals surface area contributed by atoms with Crippen LogP contribution < -0.4 is 0 Å². The van der Waals surface area contributed by atoms with Crippen molar-refractivity contribution in [3.8, 4) is 0 Å². The average Bonchev–Trinajstić information content (AvgIpc) is 3.10. The van der Waals surface area contributed by atoms with Gasteiger partial charge in [-0.3, -0.25) is 4.79 Å². The fourth-order valence-electron chi connectivity index (χ4n) is 2.66. The van der Waals surface area contributed by atoms with Gasteiger partial charge in [0.2, 0.25) is 5.91 Å². The Labute approximate surface area is 162 Å². The van der Waals surface area contributed by atoms with Crippen molar-refractivity contribution in [2.24, 2.45) is 0 Å². The number of thioether (sulfide) groups is 1. The van der Waals surface area contributed by atoms with Crippen molar-refractivity contribution in [3.63, 3.8) is 0 Å². The van der Waals surface area contributed by atoms with Crippen molar-refractivity contribution < 1.29 is 4.79 Å². The molecule has 0 spiro atoms. The molecule has 1 amide bonds. The fraction of sp³-hybridized carbons (Fsp3) is 0.350. The van der Waals surface area contributed by atoms with Gasteiger partial charge in [-0.25, -0.2) is 9.97 Å². The quantitative estimate of drug-likeness (QED) is 0.442. The van der Waals surface area contributed by atoms with Gasteiger partial charge in [-0.15, -0.1) is 11.3 Å². The Kier molecular flexibility index (Phi) is 6.27. The number of hydrogen-bond donors (Lipinski definition) is 0. The molecule has 0 radical (unpaired) electrons. The molecule has 2 heterocycles. The van der Waals surface area contributed by atoms with Crippen molar-refractivity contribution in [1.29, 1.82) is 0 Å². The Balaban J connectivity index is 1.61. The monoisotopic (exact) mass is 385 g/mol. The van der Waals surface area contributed by atoms with Gasteiger partial charge in [-0.1, -0.05) is 49.9 Å². The van der Waals surface area contributed by atoms with Crippen LogP contribution in [0.15, 0.2) is 41.7 Å². The van der Waals surface area contributed by atoms with Crippen LogP contribution in [0.5, 0.6) is 0 Å². The summed E-state index contributed by atoms with van der Waals surface area (Å²) in [7, 11) is 1.85. The van der Waals surface area contributed by atoms with E-state index in [4.69, 9.17) is 0 Å². The van der Waals surface area contributed by atoms with Gasteiger partial charge in [0.25, 0.3) is 0 Å². The van der Waals surface area contributed by atoms with E-state index in [-0.39, 0.29) is 5.91 Å². The topological polar surface area (TPSA) is 46.1 Å². The Hall–Kier alpha value is -1.92. The molecule has 6 heteroatoms. The van der Waals surface area contributed by atoms with Gasteiger partial charge in [0.15, 0.2) is 0 Å². The minimum Gasteiger partial charge on any atom is -0.341 e. The van der Waals surface area contributed by atoms with E-state index in [1.165, 1.54) is 22.2 Å². The van der Waals surface area contributed by atoms with Crippen LogP contribution in [0, 0.1) is 0 Å². The molecule has 3 rings (SSSR count). The normalized spacial score (nSPS) is 11.0. The molecule has 0 unspecified atom stereocenters. The molecule has 3 aromatic rings. The summed E-state index contributed by atoms with van der Waals surface area (Å²) >= 11 is 3.19. The standard InChI is InChI=1S/C20H23N3OS2/c1-4-14-6-8-15(9-7-14)11-23(3)18(24)12-25-19-17-10-16(5-2)26-20(17)22-13-21-19/h6-10,13H,4-5,11-12H2,1-3H3.